The monoisotopic (exact) mass is 289 g/mol. The predicted molar refractivity (Wildman–Crippen MR) is 68.4 cm³/mol. The lowest BCUT2D eigenvalue weighted by molar-refractivity contribution is 0.169. The second-order valence-corrected chi connectivity index (χ2v) is 6.47. The second kappa shape index (κ2) is 6.00. The molecule has 1 aliphatic rings. The van der Waals surface area contributed by atoms with E-state index in [0.29, 0.717) is 37.6 Å². The second-order valence-electron chi connectivity index (χ2n) is 4.72. The number of oxazole rings is 1. The number of aryl methyl sites for hydroxylation is 1. The largest absolute Gasteiger partial charge is 0.445 e. The van der Waals surface area contributed by atoms with Crippen LogP contribution in [0.25, 0.3) is 0 Å². The van der Waals surface area contributed by atoms with Crippen molar-refractivity contribution in [2.75, 3.05) is 19.7 Å². The molecule has 0 atom stereocenters. The summed E-state index contributed by atoms with van der Waals surface area (Å²) in [6.07, 6.45) is 2.93. The molecule has 19 heavy (non-hydrogen) atoms. The summed E-state index contributed by atoms with van der Waals surface area (Å²) in [5, 5.41) is 9.03. The molecule has 1 fully saturated rings. The van der Waals surface area contributed by atoms with Gasteiger partial charge in [0.05, 0.1) is 12.7 Å². The summed E-state index contributed by atoms with van der Waals surface area (Å²) in [5.74, 6) is 1.21. The van der Waals surface area contributed by atoms with E-state index in [9.17, 15) is 8.42 Å². The van der Waals surface area contributed by atoms with Crippen molar-refractivity contribution in [3.63, 3.8) is 0 Å². The van der Waals surface area contributed by atoms with E-state index in [4.69, 9.17) is 9.52 Å². The van der Waals surface area contributed by atoms with E-state index in [1.54, 1.807) is 13.1 Å². The van der Waals surface area contributed by atoms with Crippen molar-refractivity contribution in [1.82, 2.24) is 14.0 Å². The molecule has 2 rings (SSSR count). The molecular formula is C11H19N3O4S. The summed E-state index contributed by atoms with van der Waals surface area (Å²) in [6, 6.07) is 0. The molecule has 1 aliphatic heterocycles. The normalized spacial score (nSPS) is 18.8. The van der Waals surface area contributed by atoms with Gasteiger partial charge >= 0.3 is 0 Å². The summed E-state index contributed by atoms with van der Waals surface area (Å²) in [4.78, 5) is 3.94. The average molecular weight is 289 g/mol. The number of nitrogens with one attached hydrogen (secondary N) is 1. The molecule has 7 nitrogen and oxygen atoms in total. The number of hydrogen-bond acceptors (Lipinski definition) is 5. The van der Waals surface area contributed by atoms with Crippen LogP contribution in [0.15, 0.2) is 10.6 Å². The van der Waals surface area contributed by atoms with Gasteiger partial charge in [-0.05, 0) is 25.7 Å². The van der Waals surface area contributed by atoms with Gasteiger partial charge in [0.15, 0.2) is 0 Å². The molecule has 0 amide bonds. The first kappa shape index (κ1) is 14.4. The molecule has 8 heteroatoms. The average Bonchev–Trinajstić information content (AvgIpc) is 2.82. The van der Waals surface area contributed by atoms with Crippen LogP contribution in [-0.2, 0) is 16.8 Å². The van der Waals surface area contributed by atoms with Gasteiger partial charge in [0.25, 0.3) is 10.2 Å². The van der Waals surface area contributed by atoms with E-state index in [1.807, 2.05) is 0 Å². The highest BCUT2D eigenvalue weighted by molar-refractivity contribution is 7.87. The molecule has 0 saturated carbocycles. The minimum absolute atomic E-state index is 0.0517. The maximum absolute atomic E-state index is 12.0. The molecule has 108 valence electrons. The van der Waals surface area contributed by atoms with Crippen LogP contribution in [0, 0.1) is 12.8 Å². The van der Waals surface area contributed by atoms with Gasteiger partial charge in [-0.2, -0.15) is 17.4 Å². The number of rotatable bonds is 5. The highest BCUT2D eigenvalue weighted by atomic mass is 32.2. The molecule has 0 radical (unpaired) electrons. The Balaban J connectivity index is 1.88. The van der Waals surface area contributed by atoms with Crippen LogP contribution in [-0.4, -0.2) is 42.5 Å². The third kappa shape index (κ3) is 3.75. The highest BCUT2D eigenvalue weighted by Crippen LogP contribution is 2.18. The van der Waals surface area contributed by atoms with E-state index >= 15 is 0 Å². The van der Waals surface area contributed by atoms with Crippen molar-refractivity contribution in [2.45, 2.75) is 26.3 Å². The molecule has 1 saturated heterocycles. The molecule has 2 N–H and O–H groups in total. The minimum atomic E-state index is -3.50. The first-order valence-corrected chi connectivity index (χ1v) is 7.72. The van der Waals surface area contributed by atoms with E-state index in [-0.39, 0.29) is 19.1 Å². The maximum Gasteiger partial charge on any atom is 0.279 e. The van der Waals surface area contributed by atoms with Gasteiger partial charge in [-0.3, -0.25) is 0 Å². The van der Waals surface area contributed by atoms with Crippen molar-refractivity contribution in [2.24, 2.45) is 5.92 Å². The van der Waals surface area contributed by atoms with Crippen molar-refractivity contribution >= 4 is 10.2 Å². The Hall–Kier alpha value is -0.960. The van der Waals surface area contributed by atoms with E-state index in [2.05, 4.69) is 9.71 Å². The van der Waals surface area contributed by atoms with Crippen LogP contribution in [0.3, 0.4) is 0 Å². The zero-order valence-electron chi connectivity index (χ0n) is 10.9. The van der Waals surface area contributed by atoms with E-state index < -0.39 is 10.2 Å². The number of aliphatic hydroxyl groups is 1. The Morgan fingerprint density at radius 1 is 1.53 bits per heavy atom. The number of piperidine rings is 1. The molecule has 0 aromatic carbocycles. The third-order valence-corrected chi connectivity index (χ3v) is 4.80. The van der Waals surface area contributed by atoms with Crippen molar-refractivity contribution in [3.05, 3.63) is 17.8 Å². The number of aromatic nitrogens is 1. The zero-order valence-corrected chi connectivity index (χ0v) is 11.7. The first-order valence-electron chi connectivity index (χ1n) is 6.28. The lowest BCUT2D eigenvalue weighted by Crippen LogP contribution is -2.45. The number of aliphatic hydroxyl groups excluding tert-OH is 1. The Bertz CT molecular complexity index is 506. The SMILES string of the molecule is Cc1cnc(CNS(=O)(=O)N2CCC(CO)CC2)o1. The van der Waals surface area contributed by atoms with Crippen molar-refractivity contribution in [1.29, 1.82) is 0 Å². The summed E-state index contributed by atoms with van der Waals surface area (Å²) in [6.45, 7) is 2.80. The lowest BCUT2D eigenvalue weighted by atomic mass is 10.00. The zero-order chi connectivity index (χ0) is 13.9. The molecule has 2 heterocycles. The predicted octanol–water partition coefficient (Wildman–Crippen LogP) is 0.0217. The van der Waals surface area contributed by atoms with Gasteiger partial charge in [-0.25, -0.2) is 4.98 Å². The molecular weight excluding hydrogens is 270 g/mol. The van der Waals surface area contributed by atoms with Crippen molar-refractivity contribution in [3.8, 4) is 0 Å². The quantitative estimate of drug-likeness (QED) is 0.797. The van der Waals surface area contributed by atoms with Gasteiger partial charge in [0.2, 0.25) is 5.89 Å². The fourth-order valence-corrected chi connectivity index (χ4v) is 3.24. The van der Waals surface area contributed by atoms with Gasteiger partial charge in [-0.1, -0.05) is 0 Å². The molecule has 0 spiro atoms. The Labute approximate surface area is 112 Å². The number of hydrogen-bond donors (Lipinski definition) is 2. The number of nitrogens with zero attached hydrogens (tertiary/aromatic N) is 2. The fourth-order valence-electron chi connectivity index (χ4n) is 2.06. The molecule has 0 unspecified atom stereocenters. The van der Waals surface area contributed by atoms with Crippen LogP contribution in [0.5, 0.6) is 0 Å². The van der Waals surface area contributed by atoms with Gasteiger partial charge in [-0.15, -0.1) is 0 Å². The van der Waals surface area contributed by atoms with E-state index in [1.165, 1.54) is 4.31 Å². The summed E-state index contributed by atoms with van der Waals surface area (Å²) in [7, 11) is -3.50. The lowest BCUT2D eigenvalue weighted by Gasteiger charge is -2.30. The Kier molecular flexibility index (Phi) is 4.56. The molecule has 1 aromatic heterocycles. The third-order valence-electron chi connectivity index (χ3n) is 3.25. The molecule has 1 aromatic rings. The Morgan fingerprint density at radius 2 is 2.21 bits per heavy atom. The van der Waals surface area contributed by atoms with E-state index in [0.717, 1.165) is 0 Å². The van der Waals surface area contributed by atoms with Gasteiger partial charge < -0.3 is 9.52 Å². The first-order chi connectivity index (χ1) is 9.01. The van der Waals surface area contributed by atoms with Crippen molar-refractivity contribution < 1.29 is 17.9 Å². The van der Waals surface area contributed by atoms with Crippen LogP contribution in [0.2, 0.25) is 0 Å². The smallest absolute Gasteiger partial charge is 0.279 e. The summed E-state index contributed by atoms with van der Waals surface area (Å²) in [5.41, 5.74) is 0. The highest BCUT2D eigenvalue weighted by Gasteiger charge is 2.27. The van der Waals surface area contributed by atoms with Gasteiger partial charge in [0, 0.05) is 19.7 Å². The topological polar surface area (TPSA) is 95.7 Å². The van der Waals surface area contributed by atoms with Crippen LogP contribution < -0.4 is 4.72 Å². The molecule has 0 aliphatic carbocycles. The maximum atomic E-state index is 12.0. The van der Waals surface area contributed by atoms with Crippen LogP contribution in [0.1, 0.15) is 24.5 Å². The van der Waals surface area contributed by atoms with Gasteiger partial charge in [0.1, 0.15) is 5.76 Å². The summed E-state index contributed by atoms with van der Waals surface area (Å²) < 4.78 is 33.2. The Morgan fingerprint density at radius 3 is 2.74 bits per heavy atom. The van der Waals surface area contributed by atoms with Crippen LogP contribution >= 0.6 is 0 Å². The summed E-state index contributed by atoms with van der Waals surface area (Å²) >= 11 is 0. The minimum Gasteiger partial charge on any atom is -0.445 e. The van der Waals surface area contributed by atoms with Crippen LogP contribution in [0.4, 0.5) is 0 Å². The standard InChI is InChI=1S/C11H19N3O4S/c1-9-6-12-11(18-9)7-13-19(16,17)14-4-2-10(8-15)3-5-14/h6,10,13,15H,2-5,7-8H2,1H3. The molecule has 0 bridgehead atoms. The fraction of sp³-hybridized carbons (Fsp3) is 0.727.